The van der Waals surface area contributed by atoms with Crippen LogP contribution in [0.4, 0.5) is 5.69 Å². The Bertz CT molecular complexity index is 1720. The number of rotatable bonds is 12. The number of carbonyl (C=O) groups is 2. The minimum absolute atomic E-state index is 0.0362. The largest absolute Gasteiger partial charge is 0.352 e. The lowest BCUT2D eigenvalue weighted by molar-refractivity contribution is -0.141. The maximum atomic E-state index is 14.1. The van der Waals surface area contributed by atoms with Crippen molar-refractivity contribution in [3.05, 3.63) is 108 Å². The van der Waals surface area contributed by atoms with E-state index in [9.17, 15) is 18.0 Å². The fourth-order valence-corrected chi connectivity index (χ4v) is 7.43. The van der Waals surface area contributed by atoms with Gasteiger partial charge in [-0.15, -0.1) is 0 Å². The van der Waals surface area contributed by atoms with Gasteiger partial charge < -0.3 is 10.2 Å². The zero-order valence-corrected chi connectivity index (χ0v) is 25.8. The van der Waals surface area contributed by atoms with Gasteiger partial charge in [0.25, 0.3) is 10.0 Å². The van der Waals surface area contributed by atoms with Crippen molar-refractivity contribution < 1.29 is 18.0 Å². The molecule has 2 atom stereocenters. The van der Waals surface area contributed by atoms with E-state index in [1.165, 1.54) is 4.31 Å². The summed E-state index contributed by atoms with van der Waals surface area (Å²) in [5.41, 5.74) is 3.61. The summed E-state index contributed by atoms with van der Waals surface area (Å²) in [5, 5.41) is 4.70. The molecule has 5 rings (SSSR count). The number of carbonyl (C=O) groups excluding carboxylic acids is 2. The Balaban J connectivity index is 1.41. The van der Waals surface area contributed by atoms with Crippen molar-refractivity contribution >= 4 is 38.3 Å². The molecule has 4 aromatic rings. The number of nitrogens with zero attached hydrogens (tertiary/aromatic N) is 2. The molecule has 0 saturated carbocycles. The van der Waals surface area contributed by atoms with Crippen LogP contribution >= 0.6 is 0 Å². The first kappa shape index (κ1) is 30.3. The van der Waals surface area contributed by atoms with Crippen LogP contribution in [0.1, 0.15) is 49.8 Å². The van der Waals surface area contributed by atoms with Gasteiger partial charge in [-0.1, -0.05) is 85.8 Å². The molecule has 4 aromatic carbocycles. The third-order valence-electron chi connectivity index (χ3n) is 8.31. The number of hydrogen-bond acceptors (Lipinski definition) is 4. The third kappa shape index (κ3) is 6.44. The number of aryl methyl sites for hydroxylation is 1. The molecule has 0 bridgehead atoms. The Kier molecular flexibility index (Phi) is 9.16. The summed E-state index contributed by atoms with van der Waals surface area (Å²) in [6.45, 7) is 6.42. The summed E-state index contributed by atoms with van der Waals surface area (Å²) < 4.78 is 28.3. The highest BCUT2D eigenvalue weighted by atomic mass is 32.2. The Hall–Kier alpha value is -4.17. The molecule has 43 heavy (non-hydrogen) atoms. The molecule has 0 saturated heterocycles. The molecule has 7 nitrogen and oxygen atoms in total. The molecule has 1 aliphatic heterocycles. The van der Waals surface area contributed by atoms with Crippen LogP contribution < -0.4 is 9.62 Å². The van der Waals surface area contributed by atoms with Crippen molar-refractivity contribution in [2.75, 3.05) is 10.8 Å². The lowest BCUT2D eigenvalue weighted by Gasteiger charge is -2.33. The van der Waals surface area contributed by atoms with Gasteiger partial charge >= 0.3 is 0 Å². The van der Waals surface area contributed by atoms with Crippen LogP contribution in [0, 0.1) is 6.92 Å². The van der Waals surface area contributed by atoms with Crippen molar-refractivity contribution in [1.29, 1.82) is 0 Å². The second-order valence-electron chi connectivity index (χ2n) is 11.3. The summed E-state index contributed by atoms with van der Waals surface area (Å²) in [7, 11) is -3.71. The lowest BCUT2D eigenvalue weighted by atomic mass is 10.0. The molecule has 1 aliphatic rings. The average molecular weight is 598 g/mol. The summed E-state index contributed by atoms with van der Waals surface area (Å²) in [5.74, 6) is -0.375. The maximum absolute atomic E-state index is 14.1. The van der Waals surface area contributed by atoms with Gasteiger partial charge in [0.1, 0.15) is 6.04 Å². The molecular weight excluding hydrogens is 558 g/mol. The van der Waals surface area contributed by atoms with Gasteiger partial charge in [0.05, 0.1) is 10.6 Å². The molecule has 0 spiro atoms. The van der Waals surface area contributed by atoms with E-state index in [4.69, 9.17) is 0 Å². The first-order chi connectivity index (χ1) is 20.7. The number of sulfonamides is 1. The molecule has 0 radical (unpaired) electrons. The van der Waals surface area contributed by atoms with Crippen molar-refractivity contribution in [2.24, 2.45) is 0 Å². The van der Waals surface area contributed by atoms with Crippen LogP contribution in [0.15, 0.2) is 95.9 Å². The van der Waals surface area contributed by atoms with Gasteiger partial charge in [0.2, 0.25) is 11.8 Å². The maximum Gasteiger partial charge on any atom is 0.265 e. The van der Waals surface area contributed by atoms with Crippen molar-refractivity contribution in [2.45, 2.75) is 70.0 Å². The fraction of sp³-hybridized carbons (Fsp3) is 0.314. The SMILES string of the molecule is CC[C@H](C)NC(=O)[C@H](Cc1ccccc1)N(Cc1ccccc1C)C(=O)CCCN1c2cccc3cccc(c23)S1(=O)=O. The molecule has 0 unspecified atom stereocenters. The number of amides is 2. The quantitative estimate of drug-likeness (QED) is 0.217. The number of benzene rings is 4. The Morgan fingerprint density at radius 2 is 1.60 bits per heavy atom. The van der Waals surface area contributed by atoms with Gasteiger partial charge in [-0.2, -0.15) is 0 Å². The average Bonchev–Trinajstić information content (AvgIpc) is 3.23. The molecule has 1 heterocycles. The molecule has 8 heteroatoms. The van der Waals surface area contributed by atoms with E-state index in [0.29, 0.717) is 23.4 Å². The van der Waals surface area contributed by atoms with Gasteiger partial charge in [-0.05, 0) is 60.9 Å². The summed E-state index contributed by atoms with van der Waals surface area (Å²) in [6, 6.07) is 27.7. The number of hydrogen-bond donors (Lipinski definition) is 1. The zero-order chi connectivity index (χ0) is 30.6. The molecular formula is C35H39N3O4S. The van der Waals surface area contributed by atoms with Gasteiger partial charge in [0.15, 0.2) is 0 Å². The molecule has 2 amide bonds. The second kappa shape index (κ2) is 13.0. The summed E-state index contributed by atoms with van der Waals surface area (Å²) >= 11 is 0. The van der Waals surface area contributed by atoms with E-state index in [1.54, 1.807) is 17.0 Å². The Morgan fingerprint density at radius 3 is 2.33 bits per heavy atom. The van der Waals surface area contributed by atoms with E-state index in [2.05, 4.69) is 5.32 Å². The van der Waals surface area contributed by atoms with Crippen LogP contribution in [0.2, 0.25) is 0 Å². The van der Waals surface area contributed by atoms with Crippen LogP contribution in [0.5, 0.6) is 0 Å². The first-order valence-electron chi connectivity index (χ1n) is 14.9. The summed E-state index contributed by atoms with van der Waals surface area (Å²) in [4.78, 5) is 29.8. The van der Waals surface area contributed by atoms with Gasteiger partial charge in [0, 0.05) is 37.4 Å². The monoisotopic (exact) mass is 597 g/mol. The highest BCUT2D eigenvalue weighted by Crippen LogP contribution is 2.42. The highest BCUT2D eigenvalue weighted by molar-refractivity contribution is 7.93. The van der Waals surface area contributed by atoms with Gasteiger partial charge in [-0.25, -0.2) is 8.42 Å². The Morgan fingerprint density at radius 1 is 0.907 bits per heavy atom. The Labute approximate surface area is 254 Å². The first-order valence-corrected chi connectivity index (χ1v) is 16.4. The van der Waals surface area contributed by atoms with Crippen molar-refractivity contribution in [3.8, 4) is 0 Å². The normalized spacial score (nSPS) is 14.8. The van der Waals surface area contributed by atoms with E-state index >= 15 is 0 Å². The summed E-state index contributed by atoms with van der Waals surface area (Å²) in [6.07, 6.45) is 1.57. The minimum atomic E-state index is -3.71. The number of anilines is 1. The smallest absolute Gasteiger partial charge is 0.265 e. The lowest BCUT2D eigenvalue weighted by Crippen LogP contribution is -2.52. The van der Waals surface area contributed by atoms with Crippen molar-refractivity contribution in [1.82, 2.24) is 10.2 Å². The fourth-order valence-electron chi connectivity index (χ4n) is 5.68. The second-order valence-corrected chi connectivity index (χ2v) is 13.1. The standard InChI is InChI=1S/C35H39N3O4S/c1-4-26(3)36-35(40)31(23-27-14-6-5-7-15-27)37(24-29-16-9-8-13-25(29)2)33(39)21-12-22-38-30-19-10-17-28-18-11-20-32(34(28)30)43(38,41)42/h5-11,13-20,26,31H,4,12,21-24H2,1-3H3,(H,36,40)/t26-,31-/m0/s1. The minimum Gasteiger partial charge on any atom is -0.352 e. The van der Waals surface area contributed by atoms with Crippen molar-refractivity contribution in [3.63, 3.8) is 0 Å². The molecule has 0 aliphatic carbocycles. The van der Waals surface area contributed by atoms with E-state index in [-0.39, 0.29) is 37.4 Å². The number of nitrogens with one attached hydrogen (secondary N) is 1. The highest BCUT2D eigenvalue weighted by Gasteiger charge is 2.36. The predicted molar refractivity (Wildman–Crippen MR) is 171 cm³/mol. The van der Waals surface area contributed by atoms with Crippen LogP contribution in [0.3, 0.4) is 0 Å². The molecule has 224 valence electrons. The van der Waals surface area contributed by atoms with Crippen LogP contribution in [0.25, 0.3) is 10.8 Å². The third-order valence-corrected chi connectivity index (χ3v) is 10.2. The molecule has 0 fully saturated rings. The molecule has 1 N–H and O–H groups in total. The van der Waals surface area contributed by atoms with Crippen LogP contribution in [-0.4, -0.2) is 43.8 Å². The zero-order valence-electron chi connectivity index (χ0n) is 25.0. The van der Waals surface area contributed by atoms with E-state index in [1.807, 2.05) is 99.6 Å². The molecule has 0 aromatic heterocycles. The van der Waals surface area contributed by atoms with E-state index in [0.717, 1.165) is 33.9 Å². The topological polar surface area (TPSA) is 86.8 Å². The predicted octanol–water partition coefficient (Wildman–Crippen LogP) is 5.99. The van der Waals surface area contributed by atoms with Crippen LogP contribution in [-0.2, 0) is 32.6 Å². The van der Waals surface area contributed by atoms with E-state index < -0.39 is 16.1 Å². The van der Waals surface area contributed by atoms with Gasteiger partial charge in [-0.3, -0.25) is 13.9 Å².